The largest absolute Gasteiger partial charge is 0.309 e. The molecule has 0 aliphatic carbocycles. The Morgan fingerprint density at radius 3 is 2.82 bits per heavy atom. The number of aromatic nitrogens is 2. The summed E-state index contributed by atoms with van der Waals surface area (Å²) < 4.78 is 21.8. The van der Waals surface area contributed by atoms with Crippen LogP contribution >= 0.6 is 0 Å². The fourth-order valence-electron chi connectivity index (χ4n) is 1.31. The van der Waals surface area contributed by atoms with Gasteiger partial charge in [-0.15, -0.1) is 0 Å². The summed E-state index contributed by atoms with van der Waals surface area (Å²) in [6.07, 6.45) is 2.92. The summed E-state index contributed by atoms with van der Waals surface area (Å²) in [6.45, 7) is 2.05. The Balaban J connectivity index is 2.45. The normalized spacial score (nSPS) is 11.4. The number of amides is 1. The fraction of sp³-hybridized carbons (Fsp3) is 0.600. The number of aromatic amines is 1. The molecule has 0 atom stereocenters. The van der Waals surface area contributed by atoms with Crippen molar-refractivity contribution >= 4 is 21.6 Å². The van der Waals surface area contributed by atoms with Crippen LogP contribution in [0.2, 0.25) is 0 Å². The van der Waals surface area contributed by atoms with E-state index in [0.29, 0.717) is 5.82 Å². The molecular formula is C10H17N3O3S. The number of nitrogens with one attached hydrogen (secondary N) is 2. The van der Waals surface area contributed by atoms with E-state index in [0.717, 1.165) is 24.8 Å². The van der Waals surface area contributed by atoms with Gasteiger partial charge in [0.25, 0.3) is 0 Å². The van der Waals surface area contributed by atoms with E-state index in [4.69, 9.17) is 0 Å². The first-order valence-electron chi connectivity index (χ1n) is 5.42. The van der Waals surface area contributed by atoms with Crippen molar-refractivity contribution in [3.63, 3.8) is 0 Å². The lowest BCUT2D eigenvalue weighted by molar-refractivity contribution is -0.115. The Bertz CT molecular complexity index is 479. The van der Waals surface area contributed by atoms with E-state index in [-0.39, 0.29) is 18.1 Å². The van der Waals surface area contributed by atoms with Crippen LogP contribution in [0.5, 0.6) is 0 Å². The Morgan fingerprint density at radius 1 is 1.53 bits per heavy atom. The summed E-state index contributed by atoms with van der Waals surface area (Å²) in [7, 11) is -3.10. The first-order chi connectivity index (χ1) is 7.90. The molecule has 2 N–H and O–H groups in total. The van der Waals surface area contributed by atoms with Gasteiger partial charge in [-0.05, 0) is 6.42 Å². The van der Waals surface area contributed by atoms with Gasteiger partial charge in [0.1, 0.15) is 9.84 Å². The van der Waals surface area contributed by atoms with E-state index in [1.165, 1.54) is 0 Å². The number of hydrogen-bond donors (Lipinski definition) is 2. The first kappa shape index (κ1) is 13.7. The van der Waals surface area contributed by atoms with Gasteiger partial charge < -0.3 is 5.32 Å². The predicted octanol–water partition coefficient (Wildman–Crippen LogP) is 0.735. The minimum absolute atomic E-state index is 0.0468. The van der Waals surface area contributed by atoms with Gasteiger partial charge in [0, 0.05) is 24.4 Å². The lowest BCUT2D eigenvalue weighted by Gasteiger charge is -2.00. The Hall–Kier alpha value is -1.37. The van der Waals surface area contributed by atoms with E-state index in [9.17, 15) is 13.2 Å². The van der Waals surface area contributed by atoms with Gasteiger partial charge in [-0.25, -0.2) is 8.42 Å². The second-order valence-electron chi connectivity index (χ2n) is 3.96. The molecular weight excluding hydrogens is 242 g/mol. The van der Waals surface area contributed by atoms with Crippen molar-refractivity contribution in [3.05, 3.63) is 11.8 Å². The number of hydrogen-bond acceptors (Lipinski definition) is 4. The van der Waals surface area contributed by atoms with E-state index in [2.05, 4.69) is 15.5 Å². The molecule has 1 rings (SSSR count). The number of rotatable bonds is 6. The number of sulfone groups is 1. The van der Waals surface area contributed by atoms with Crippen molar-refractivity contribution in [1.29, 1.82) is 0 Å². The van der Waals surface area contributed by atoms with Crippen LogP contribution in [0, 0.1) is 0 Å². The third kappa shape index (κ3) is 5.48. The number of nitrogens with zero attached hydrogens (tertiary/aromatic N) is 1. The minimum Gasteiger partial charge on any atom is -0.309 e. The highest BCUT2D eigenvalue weighted by Crippen LogP contribution is 2.07. The van der Waals surface area contributed by atoms with E-state index >= 15 is 0 Å². The smallest absolute Gasteiger partial charge is 0.226 e. The lowest BCUT2D eigenvalue weighted by Crippen LogP contribution is -2.16. The van der Waals surface area contributed by atoms with Crippen molar-refractivity contribution in [2.75, 3.05) is 17.3 Å². The van der Waals surface area contributed by atoms with Crippen LogP contribution in [0.1, 0.15) is 25.5 Å². The van der Waals surface area contributed by atoms with E-state index < -0.39 is 9.84 Å². The van der Waals surface area contributed by atoms with E-state index in [1.54, 1.807) is 6.07 Å². The highest BCUT2D eigenvalue weighted by molar-refractivity contribution is 7.90. The highest BCUT2D eigenvalue weighted by atomic mass is 32.2. The summed E-state index contributed by atoms with van der Waals surface area (Å²) in [5.74, 6) is -0.0534. The maximum Gasteiger partial charge on any atom is 0.226 e. The Labute approximate surface area is 101 Å². The topological polar surface area (TPSA) is 91.9 Å². The first-order valence-corrected chi connectivity index (χ1v) is 7.48. The van der Waals surface area contributed by atoms with Crippen molar-refractivity contribution in [3.8, 4) is 0 Å². The van der Waals surface area contributed by atoms with Crippen LogP contribution in [-0.4, -0.2) is 36.5 Å². The van der Waals surface area contributed by atoms with Gasteiger partial charge in [0.2, 0.25) is 5.91 Å². The average Bonchev–Trinajstić information content (AvgIpc) is 2.62. The maximum absolute atomic E-state index is 11.4. The number of H-pyrrole nitrogens is 1. The quantitative estimate of drug-likeness (QED) is 0.788. The molecule has 0 bridgehead atoms. The van der Waals surface area contributed by atoms with Crippen LogP contribution in [0.4, 0.5) is 5.82 Å². The zero-order chi connectivity index (χ0) is 12.9. The Kier molecular flexibility index (Phi) is 4.68. The van der Waals surface area contributed by atoms with Gasteiger partial charge in [-0.3, -0.25) is 9.89 Å². The summed E-state index contributed by atoms with van der Waals surface area (Å²) in [5.41, 5.74) is 0.950. The number of carbonyl (C=O) groups excluding carboxylic acids is 1. The monoisotopic (exact) mass is 259 g/mol. The van der Waals surface area contributed by atoms with Crippen LogP contribution < -0.4 is 5.32 Å². The van der Waals surface area contributed by atoms with Crippen molar-refractivity contribution in [2.24, 2.45) is 0 Å². The molecule has 0 fully saturated rings. The molecule has 0 aliphatic heterocycles. The highest BCUT2D eigenvalue weighted by Gasteiger charge is 2.09. The van der Waals surface area contributed by atoms with Gasteiger partial charge >= 0.3 is 0 Å². The molecule has 1 amide bonds. The van der Waals surface area contributed by atoms with Crippen molar-refractivity contribution < 1.29 is 13.2 Å². The maximum atomic E-state index is 11.4. The molecule has 0 saturated heterocycles. The molecule has 96 valence electrons. The van der Waals surface area contributed by atoms with Crippen LogP contribution in [0.3, 0.4) is 0 Å². The van der Waals surface area contributed by atoms with Gasteiger partial charge in [0.15, 0.2) is 5.82 Å². The van der Waals surface area contributed by atoms with Crippen LogP contribution in [-0.2, 0) is 21.1 Å². The van der Waals surface area contributed by atoms with Crippen LogP contribution in [0.25, 0.3) is 0 Å². The number of aryl methyl sites for hydroxylation is 1. The van der Waals surface area contributed by atoms with E-state index in [1.807, 2.05) is 6.92 Å². The zero-order valence-electron chi connectivity index (χ0n) is 9.99. The molecule has 0 saturated carbocycles. The second-order valence-corrected chi connectivity index (χ2v) is 6.22. The SMILES string of the molecule is CCCc1cc(NC(=O)CCS(C)(=O)=O)n[nH]1. The third-order valence-electron chi connectivity index (χ3n) is 2.12. The molecule has 0 aromatic carbocycles. The molecule has 0 unspecified atom stereocenters. The van der Waals surface area contributed by atoms with Gasteiger partial charge in [-0.2, -0.15) is 5.10 Å². The molecule has 1 aromatic rings. The predicted molar refractivity (Wildman–Crippen MR) is 65.5 cm³/mol. The standard InChI is InChI=1S/C10H17N3O3S/c1-3-4-8-7-9(13-12-8)11-10(14)5-6-17(2,15)16/h7H,3-6H2,1-2H3,(H2,11,12,13,14). The average molecular weight is 259 g/mol. The molecule has 6 nitrogen and oxygen atoms in total. The van der Waals surface area contributed by atoms with Gasteiger partial charge in [-0.1, -0.05) is 13.3 Å². The summed E-state index contributed by atoms with van der Waals surface area (Å²) in [5, 5.41) is 9.26. The van der Waals surface area contributed by atoms with Gasteiger partial charge in [0.05, 0.1) is 5.75 Å². The summed E-state index contributed by atoms with van der Waals surface area (Å²) in [4.78, 5) is 11.4. The van der Waals surface area contributed by atoms with Crippen molar-refractivity contribution in [2.45, 2.75) is 26.2 Å². The minimum atomic E-state index is -3.10. The fourth-order valence-corrected chi connectivity index (χ4v) is 1.86. The molecule has 1 aromatic heterocycles. The zero-order valence-corrected chi connectivity index (χ0v) is 10.8. The molecule has 17 heavy (non-hydrogen) atoms. The number of anilines is 1. The molecule has 7 heteroatoms. The van der Waals surface area contributed by atoms with Crippen molar-refractivity contribution in [1.82, 2.24) is 10.2 Å². The molecule has 1 heterocycles. The molecule has 0 aliphatic rings. The lowest BCUT2D eigenvalue weighted by atomic mass is 10.2. The Morgan fingerprint density at radius 2 is 2.24 bits per heavy atom. The molecule has 0 radical (unpaired) electrons. The molecule has 0 spiro atoms. The second kappa shape index (κ2) is 5.81. The van der Waals surface area contributed by atoms with Crippen LogP contribution in [0.15, 0.2) is 6.07 Å². The number of carbonyl (C=O) groups is 1. The third-order valence-corrected chi connectivity index (χ3v) is 3.06. The summed E-state index contributed by atoms with van der Waals surface area (Å²) >= 11 is 0. The summed E-state index contributed by atoms with van der Waals surface area (Å²) in [6, 6.07) is 1.75.